The molecule has 2 aliphatic carbocycles. The van der Waals surface area contributed by atoms with Gasteiger partial charge >= 0.3 is 5.97 Å². The van der Waals surface area contributed by atoms with Crippen LogP contribution in [-0.2, 0) is 11.4 Å². The summed E-state index contributed by atoms with van der Waals surface area (Å²) in [6.45, 7) is 5.27. The zero-order valence-electron chi connectivity index (χ0n) is 22.9. The molecule has 38 heavy (non-hydrogen) atoms. The first-order valence-electron chi connectivity index (χ1n) is 14.1. The zero-order chi connectivity index (χ0) is 26.7. The molecule has 2 aliphatic rings. The summed E-state index contributed by atoms with van der Waals surface area (Å²) in [5, 5.41) is 9.48. The quantitative estimate of drug-likeness (QED) is 0.295. The number of hydrogen-bond acceptors (Lipinski definition) is 3. The Labute approximate surface area is 227 Å². The molecule has 3 aromatic rings. The van der Waals surface area contributed by atoms with Crippen molar-refractivity contribution in [2.45, 2.75) is 77.2 Å². The first kappa shape index (κ1) is 26.3. The fourth-order valence-electron chi connectivity index (χ4n) is 6.54. The van der Waals surface area contributed by atoms with E-state index in [1.807, 2.05) is 18.2 Å². The molecule has 1 N–H and O–H groups in total. The Hall–Kier alpha value is -3.27. The number of aliphatic carboxylic acids is 1. The summed E-state index contributed by atoms with van der Waals surface area (Å²) in [7, 11) is 1.71. The number of carbonyl (C=O) groups is 1. The third-order valence-electron chi connectivity index (χ3n) is 8.93. The Morgan fingerprint density at radius 1 is 0.974 bits per heavy atom. The molecule has 2 saturated carbocycles. The van der Waals surface area contributed by atoms with Crippen LogP contribution in [0.5, 0.6) is 11.5 Å². The largest absolute Gasteiger partial charge is 0.497 e. The lowest BCUT2D eigenvalue weighted by Gasteiger charge is -2.33. The van der Waals surface area contributed by atoms with Gasteiger partial charge in [0.15, 0.2) is 0 Å². The number of carboxylic acid groups (broad SMARTS) is 1. The van der Waals surface area contributed by atoms with Crippen LogP contribution in [0.25, 0.3) is 11.1 Å². The topological polar surface area (TPSA) is 55.8 Å². The van der Waals surface area contributed by atoms with Crippen LogP contribution in [0.15, 0.2) is 66.7 Å². The second-order valence-corrected chi connectivity index (χ2v) is 11.8. The molecular formula is C34H40O4. The van der Waals surface area contributed by atoms with Crippen molar-refractivity contribution in [3.05, 3.63) is 83.4 Å². The summed E-state index contributed by atoms with van der Waals surface area (Å²) in [5.74, 6) is 1.95. The zero-order valence-corrected chi connectivity index (χ0v) is 22.9. The van der Waals surface area contributed by atoms with E-state index in [4.69, 9.17) is 9.47 Å². The molecule has 0 aliphatic heterocycles. The molecule has 0 heterocycles. The molecule has 2 fully saturated rings. The third-order valence-corrected chi connectivity index (χ3v) is 8.93. The predicted octanol–water partition coefficient (Wildman–Crippen LogP) is 8.59. The van der Waals surface area contributed by atoms with Gasteiger partial charge in [0.1, 0.15) is 18.1 Å². The molecule has 0 saturated heterocycles. The van der Waals surface area contributed by atoms with Gasteiger partial charge in [-0.1, -0.05) is 69.2 Å². The minimum Gasteiger partial charge on any atom is -0.497 e. The lowest BCUT2D eigenvalue weighted by molar-refractivity contribution is -0.138. The van der Waals surface area contributed by atoms with E-state index in [-0.39, 0.29) is 17.8 Å². The van der Waals surface area contributed by atoms with E-state index in [0.717, 1.165) is 35.5 Å². The van der Waals surface area contributed by atoms with Crippen LogP contribution in [0.1, 0.15) is 87.3 Å². The SMILES string of the molecule is COc1cccc(-c2ccc(COc3cccc([C@H](CC(=O)O)C4CCC4)c3)cc2C2CCCC2(C)C)c1. The number of ether oxygens (including phenoxy) is 2. The molecule has 3 aromatic carbocycles. The maximum absolute atomic E-state index is 11.5. The van der Waals surface area contributed by atoms with Crippen molar-refractivity contribution in [3.63, 3.8) is 0 Å². The van der Waals surface area contributed by atoms with Gasteiger partial charge in [-0.15, -0.1) is 0 Å². The van der Waals surface area contributed by atoms with Gasteiger partial charge in [0.2, 0.25) is 0 Å². The van der Waals surface area contributed by atoms with Crippen molar-refractivity contribution in [1.29, 1.82) is 0 Å². The number of benzene rings is 3. The van der Waals surface area contributed by atoms with Gasteiger partial charge in [0.05, 0.1) is 13.5 Å². The van der Waals surface area contributed by atoms with Crippen molar-refractivity contribution in [1.82, 2.24) is 0 Å². The van der Waals surface area contributed by atoms with Crippen molar-refractivity contribution in [3.8, 4) is 22.6 Å². The lowest BCUT2D eigenvalue weighted by Crippen LogP contribution is -2.22. The fraction of sp³-hybridized carbons (Fsp3) is 0.441. The highest BCUT2D eigenvalue weighted by molar-refractivity contribution is 5.70. The molecule has 1 unspecified atom stereocenters. The van der Waals surface area contributed by atoms with E-state index < -0.39 is 5.97 Å². The van der Waals surface area contributed by atoms with E-state index >= 15 is 0 Å². The first-order valence-corrected chi connectivity index (χ1v) is 14.1. The molecule has 2 atom stereocenters. The van der Waals surface area contributed by atoms with Crippen LogP contribution in [0.3, 0.4) is 0 Å². The summed E-state index contributed by atoms with van der Waals surface area (Å²) in [6.07, 6.45) is 7.29. The van der Waals surface area contributed by atoms with Gasteiger partial charge in [0, 0.05) is 0 Å². The van der Waals surface area contributed by atoms with E-state index in [0.29, 0.717) is 18.4 Å². The Bertz CT molecular complexity index is 1270. The molecular weight excluding hydrogens is 472 g/mol. The van der Waals surface area contributed by atoms with E-state index in [1.54, 1.807) is 7.11 Å². The number of carboxylic acids is 1. The molecule has 0 bridgehead atoms. The van der Waals surface area contributed by atoms with Crippen LogP contribution in [0, 0.1) is 11.3 Å². The summed E-state index contributed by atoms with van der Waals surface area (Å²) < 4.78 is 11.8. The average Bonchev–Trinajstić information content (AvgIpc) is 3.24. The molecule has 0 spiro atoms. The van der Waals surface area contributed by atoms with Crippen LogP contribution in [0.2, 0.25) is 0 Å². The molecule has 200 valence electrons. The molecule has 4 nitrogen and oxygen atoms in total. The summed E-state index contributed by atoms with van der Waals surface area (Å²) in [4.78, 5) is 11.5. The van der Waals surface area contributed by atoms with Crippen LogP contribution >= 0.6 is 0 Å². The van der Waals surface area contributed by atoms with Crippen LogP contribution in [0.4, 0.5) is 0 Å². The minimum atomic E-state index is -0.730. The van der Waals surface area contributed by atoms with Gasteiger partial charge in [-0.25, -0.2) is 0 Å². The second-order valence-electron chi connectivity index (χ2n) is 11.8. The fourth-order valence-corrected chi connectivity index (χ4v) is 6.54. The van der Waals surface area contributed by atoms with Crippen molar-refractivity contribution in [2.24, 2.45) is 11.3 Å². The van der Waals surface area contributed by atoms with Gasteiger partial charge in [-0.05, 0) is 101 Å². The maximum Gasteiger partial charge on any atom is 0.303 e. The van der Waals surface area contributed by atoms with Gasteiger partial charge in [0.25, 0.3) is 0 Å². The second kappa shape index (κ2) is 11.2. The predicted molar refractivity (Wildman–Crippen MR) is 152 cm³/mol. The van der Waals surface area contributed by atoms with Gasteiger partial charge < -0.3 is 14.6 Å². The number of methoxy groups -OCH3 is 1. The van der Waals surface area contributed by atoms with Crippen LogP contribution in [-0.4, -0.2) is 18.2 Å². The van der Waals surface area contributed by atoms with Crippen molar-refractivity contribution in [2.75, 3.05) is 7.11 Å². The Morgan fingerprint density at radius 3 is 2.45 bits per heavy atom. The first-order chi connectivity index (χ1) is 18.3. The Morgan fingerprint density at radius 2 is 1.76 bits per heavy atom. The van der Waals surface area contributed by atoms with Crippen molar-refractivity contribution >= 4 is 5.97 Å². The monoisotopic (exact) mass is 512 g/mol. The molecule has 0 amide bonds. The molecule has 5 rings (SSSR count). The Balaban J connectivity index is 1.40. The highest BCUT2D eigenvalue weighted by Crippen LogP contribution is 2.51. The highest BCUT2D eigenvalue weighted by Gasteiger charge is 2.37. The smallest absolute Gasteiger partial charge is 0.303 e. The summed E-state index contributed by atoms with van der Waals surface area (Å²) in [6, 6.07) is 23.2. The maximum atomic E-state index is 11.5. The lowest BCUT2D eigenvalue weighted by atomic mass is 9.72. The summed E-state index contributed by atoms with van der Waals surface area (Å²) >= 11 is 0. The van der Waals surface area contributed by atoms with Gasteiger partial charge in [-0.3, -0.25) is 4.79 Å². The molecule has 0 radical (unpaired) electrons. The number of rotatable bonds is 10. The van der Waals surface area contributed by atoms with E-state index in [2.05, 4.69) is 62.4 Å². The van der Waals surface area contributed by atoms with Crippen molar-refractivity contribution < 1.29 is 19.4 Å². The standard InChI is InChI=1S/C34H40O4/c1-34(2)17-7-14-32(34)31-18-23(15-16-29(31)25-10-5-12-27(19-25)37-3)22-38-28-13-6-11-26(20-28)30(21-33(35)36)24-8-4-9-24/h5-6,10-13,15-16,18-20,24,30,32H,4,7-9,14,17,21-22H2,1-3H3,(H,35,36)/t30-,32?/m1/s1. The van der Waals surface area contributed by atoms with E-state index in [1.165, 1.54) is 42.4 Å². The van der Waals surface area contributed by atoms with E-state index in [9.17, 15) is 9.90 Å². The molecule has 0 aromatic heterocycles. The number of hydrogen-bond donors (Lipinski definition) is 1. The van der Waals surface area contributed by atoms with Crippen LogP contribution < -0.4 is 9.47 Å². The summed E-state index contributed by atoms with van der Waals surface area (Å²) in [5.41, 5.74) is 6.33. The average molecular weight is 513 g/mol. The Kier molecular flexibility index (Phi) is 7.78. The third kappa shape index (κ3) is 5.75. The highest BCUT2D eigenvalue weighted by atomic mass is 16.5. The minimum absolute atomic E-state index is 0.0585. The molecule has 4 heteroatoms. The normalized spacial score (nSPS) is 19.5. The van der Waals surface area contributed by atoms with Gasteiger partial charge in [-0.2, -0.15) is 0 Å².